The standard InChI is InChI=1S/C62H58N4O7/c1-59(2,3)72-39-30-52-43(53(31-39)73-60(4,5)6)32-44(58(68)70-52)51-21-20-50(69-51)36-17-19-49-41(27-36)40-26-35(16-18-48(40)66(49)38-14-12-11-13-15-38)46-33-64-47(34-63-46)42-28-37-29-45-55-54(56(37)71-57(42)67)62(9,10)23-25-65(55)24-22-61(45,7)8/h11-21,26-34H,22-25H2,1-10H3. The number of furan rings is 1. The van der Waals surface area contributed by atoms with Crippen LogP contribution in [0.2, 0.25) is 0 Å². The highest BCUT2D eigenvalue weighted by Crippen LogP contribution is 2.52. The van der Waals surface area contributed by atoms with Crippen LogP contribution in [-0.2, 0) is 10.8 Å². The van der Waals surface area contributed by atoms with E-state index >= 15 is 0 Å². The van der Waals surface area contributed by atoms with E-state index in [1.807, 2.05) is 84.0 Å². The minimum absolute atomic E-state index is 0.0158. The Morgan fingerprint density at radius 2 is 1.23 bits per heavy atom. The molecule has 0 fully saturated rings. The zero-order chi connectivity index (χ0) is 50.9. The molecule has 0 N–H and O–H groups in total. The van der Waals surface area contributed by atoms with Crippen molar-refractivity contribution in [3.05, 3.63) is 154 Å². The second-order valence-electron chi connectivity index (χ2n) is 23.1. The summed E-state index contributed by atoms with van der Waals surface area (Å²) >= 11 is 0. The highest BCUT2D eigenvalue weighted by Gasteiger charge is 2.42. The predicted molar refractivity (Wildman–Crippen MR) is 291 cm³/mol. The molecule has 368 valence electrons. The number of para-hydroxylation sites is 1. The summed E-state index contributed by atoms with van der Waals surface area (Å²) in [6, 6.07) is 36.0. The van der Waals surface area contributed by atoms with Crippen LogP contribution in [0, 0.1) is 0 Å². The van der Waals surface area contributed by atoms with Gasteiger partial charge in [0.2, 0.25) is 0 Å². The molecule has 0 spiro atoms. The number of fused-ring (bicyclic) bond motifs is 6. The van der Waals surface area contributed by atoms with E-state index in [9.17, 15) is 9.59 Å². The molecule has 0 aliphatic carbocycles. The van der Waals surface area contributed by atoms with E-state index in [2.05, 4.69) is 85.7 Å². The first-order chi connectivity index (χ1) is 34.7. The Bertz CT molecular complexity index is 3990. The van der Waals surface area contributed by atoms with Gasteiger partial charge in [0.15, 0.2) is 0 Å². The molecular formula is C62H58N4O7. The Labute approximate surface area is 423 Å². The lowest BCUT2D eigenvalue weighted by Gasteiger charge is -2.48. The molecule has 11 heteroatoms. The molecule has 0 unspecified atom stereocenters. The monoisotopic (exact) mass is 970 g/mol. The van der Waals surface area contributed by atoms with Crippen LogP contribution in [0.4, 0.5) is 5.69 Å². The molecule has 2 aliphatic heterocycles. The van der Waals surface area contributed by atoms with Crippen molar-refractivity contribution in [2.75, 3.05) is 18.0 Å². The number of hydrogen-bond donors (Lipinski definition) is 0. The van der Waals surface area contributed by atoms with Crippen molar-refractivity contribution in [1.29, 1.82) is 0 Å². The van der Waals surface area contributed by atoms with Gasteiger partial charge in [-0.15, -0.1) is 0 Å². The van der Waals surface area contributed by atoms with E-state index in [0.717, 1.165) is 75.5 Å². The third-order valence-electron chi connectivity index (χ3n) is 14.5. The van der Waals surface area contributed by atoms with Crippen LogP contribution in [0.25, 0.3) is 94.6 Å². The van der Waals surface area contributed by atoms with Gasteiger partial charge in [0, 0.05) is 69.4 Å². The van der Waals surface area contributed by atoms with E-state index < -0.39 is 22.5 Å². The number of anilines is 1. The number of benzene rings is 5. The fourth-order valence-electron chi connectivity index (χ4n) is 10.9. The van der Waals surface area contributed by atoms with Gasteiger partial charge in [0.25, 0.3) is 0 Å². The molecule has 0 atom stereocenters. The van der Waals surface area contributed by atoms with E-state index in [4.69, 9.17) is 32.7 Å². The number of aromatic nitrogens is 3. The molecule has 12 rings (SSSR count). The number of hydrogen-bond acceptors (Lipinski definition) is 10. The quantitative estimate of drug-likeness (QED) is 0.142. The fourth-order valence-corrected chi connectivity index (χ4v) is 10.9. The molecule has 0 saturated heterocycles. The predicted octanol–water partition coefficient (Wildman–Crippen LogP) is 14.6. The van der Waals surface area contributed by atoms with Gasteiger partial charge in [-0.3, -0.25) is 9.97 Å². The molecular weight excluding hydrogens is 913 g/mol. The summed E-state index contributed by atoms with van der Waals surface area (Å²) in [5.74, 6) is 2.03. The molecule has 5 aromatic heterocycles. The number of nitrogens with zero attached hydrogens (tertiary/aromatic N) is 4. The second-order valence-corrected chi connectivity index (χ2v) is 23.1. The molecule has 0 bridgehead atoms. The number of ether oxygens (including phenoxy) is 2. The molecule has 10 aromatic rings. The van der Waals surface area contributed by atoms with Gasteiger partial charge in [0.05, 0.1) is 45.8 Å². The van der Waals surface area contributed by atoms with Crippen LogP contribution >= 0.6 is 0 Å². The summed E-state index contributed by atoms with van der Waals surface area (Å²) in [6.45, 7) is 22.9. The van der Waals surface area contributed by atoms with Crippen molar-refractivity contribution in [1.82, 2.24) is 14.5 Å². The maximum absolute atomic E-state index is 13.9. The largest absolute Gasteiger partial charge is 0.488 e. The molecule has 0 saturated carbocycles. The van der Waals surface area contributed by atoms with E-state index in [-0.39, 0.29) is 16.4 Å². The summed E-state index contributed by atoms with van der Waals surface area (Å²) < 4.78 is 33.6. The molecule has 0 radical (unpaired) electrons. The molecule has 73 heavy (non-hydrogen) atoms. The van der Waals surface area contributed by atoms with Gasteiger partial charge >= 0.3 is 11.3 Å². The first kappa shape index (κ1) is 46.2. The van der Waals surface area contributed by atoms with Crippen molar-refractivity contribution in [2.24, 2.45) is 0 Å². The third kappa shape index (κ3) is 8.06. The molecule has 2 aliphatic rings. The maximum atomic E-state index is 13.9. The summed E-state index contributed by atoms with van der Waals surface area (Å²) in [7, 11) is 0. The highest BCUT2D eigenvalue weighted by atomic mass is 16.5. The minimum atomic E-state index is -0.541. The van der Waals surface area contributed by atoms with Crippen molar-refractivity contribution < 1.29 is 22.7 Å². The summed E-state index contributed by atoms with van der Waals surface area (Å²) in [6.07, 6.45) is 5.45. The summed E-state index contributed by atoms with van der Waals surface area (Å²) in [5.41, 5.74) is 9.06. The first-order valence-corrected chi connectivity index (χ1v) is 25.2. The summed E-state index contributed by atoms with van der Waals surface area (Å²) in [5, 5.41) is 3.53. The SMILES string of the molecule is CC(C)(C)Oc1cc(OC(C)(C)C)c2cc(-c3ccc(-c4ccc5c(c4)c4cc(-c6cnc(-c7cc8cc9c%10c(c8oc7=O)C(C)(C)CCN%10CCC9(C)C)cn6)ccc4n5-c4ccccc4)o3)c(=O)oc2c1. The second kappa shape index (κ2) is 16.3. The van der Waals surface area contributed by atoms with Gasteiger partial charge in [-0.2, -0.15) is 0 Å². The maximum Gasteiger partial charge on any atom is 0.347 e. The van der Waals surface area contributed by atoms with Gasteiger partial charge in [-0.05, 0) is 144 Å². The Morgan fingerprint density at radius 3 is 1.93 bits per heavy atom. The molecule has 11 nitrogen and oxygen atoms in total. The lowest BCUT2D eigenvalue weighted by Crippen LogP contribution is -2.44. The van der Waals surface area contributed by atoms with Crippen molar-refractivity contribution in [2.45, 2.75) is 104 Å². The Kier molecular flexibility index (Phi) is 10.3. The Hall–Kier alpha value is -7.92. The number of rotatable bonds is 7. The Morgan fingerprint density at radius 1 is 0.589 bits per heavy atom. The Balaban J connectivity index is 0.920. The van der Waals surface area contributed by atoms with Crippen LogP contribution in [0.3, 0.4) is 0 Å². The van der Waals surface area contributed by atoms with Crippen LogP contribution in [0.5, 0.6) is 11.5 Å². The van der Waals surface area contributed by atoms with Crippen molar-refractivity contribution in [3.63, 3.8) is 0 Å². The lowest BCUT2D eigenvalue weighted by molar-refractivity contribution is 0.122. The van der Waals surface area contributed by atoms with Crippen LogP contribution in [0.15, 0.2) is 144 Å². The summed E-state index contributed by atoms with van der Waals surface area (Å²) in [4.78, 5) is 39.9. The highest BCUT2D eigenvalue weighted by molar-refractivity contribution is 6.11. The van der Waals surface area contributed by atoms with Crippen LogP contribution in [-0.4, -0.2) is 38.8 Å². The van der Waals surface area contributed by atoms with Crippen molar-refractivity contribution >= 4 is 49.4 Å². The van der Waals surface area contributed by atoms with E-state index in [0.29, 0.717) is 56.5 Å². The average Bonchev–Trinajstić information content (AvgIpc) is 3.96. The average molecular weight is 971 g/mol. The normalized spacial score (nSPS) is 15.3. The smallest absolute Gasteiger partial charge is 0.347 e. The van der Waals surface area contributed by atoms with Crippen molar-refractivity contribution in [3.8, 4) is 62.3 Å². The molecule has 5 aromatic carbocycles. The topological polar surface area (TPSA) is 126 Å². The molecule has 7 heterocycles. The third-order valence-corrected chi connectivity index (χ3v) is 14.5. The zero-order valence-corrected chi connectivity index (χ0v) is 43.0. The first-order valence-electron chi connectivity index (χ1n) is 25.2. The van der Waals surface area contributed by atoms with Gasteiger partial charge in [0.1, 0.15) is 51.0 Å². The van der Waals surface area contributed by atoms with E-state index in [1.54, 1.807) is 30.6 Å². The van der Waals surface area contributed by atoms with Gasteiger partial charge in [-0.25, -0.2) is 9.59 Å². The van der Waals surface area contributed by atoms with Crippen LogP contribution < -0.4 is 25.6 Å². The van der Waals surface area contributed by atoms with Gasteiger partial charge < -0.3 is 32.2 Å². The zero-order valence-electron chi connectivity index (χ0n) is 43.0. The minimum Gasteiger partial charge on any atom is -0.488 e. The van der Waals surface area contributed by atoms with E-state index in [1.165, 1.54) is 11.3 Å². The molecule has 0 amide bonds. The lowest BCUT2D eigenvalue weighted by atomic mass is 9.69. The van der Waals surface area contributed by atoms with Crippen LogP contribution in [0.1, 0.15) is 93.2 Å². The fraction of sp³-hybridized carbons (Fsp3) is 0.290. The van der Waals surface area contributed by atoms with Gasteiger partial charge in [-0.1, -0.05) is 52.0 Å².